The number of halogens is 1. The molecule has 0 saturated heterocycles. The van der Waals surface area contributed by atoms with Crippen LogP contribution in [0.2, 0.25) is 0 Å². The van der Waals surface area contributed by atoms with Crippen molar-refractivity contribution < 1.29 is 9.13 Å². The zero-order valence-corrected chi connectivity index (χ0v) is 11.4. The minimum atomic E-state index is -0.336. The van der Waals surface area contributed by atoms with Crippen molar-refractivity contribution in [3.05, 3.63) is 29.6 Å². The molecule has 0 heterocycles. The summed E-state index contributed by atoms with van der Waals surface area (Å²) in [5.41, 5.74) is 3.60. The van der Waals surface area contributed by atoms with Crippen LogP contribution in [0.4, 0.5) is 10.1 Å². The largest absolute Gasteiger partial charge is 0.382 e. The van der Waals surface area contributed by atoms with Gasteiger partial charge in [0.2, 0.25) is 5.96 Å². The summed E-state index contributed by atoms with van der Waals surface area (Å²) in [5, 5.41) is 2.85. The van der Waals surface area contributed by atoms with E-state index in [1.54, 1.807) is 6.07 Å². The molecule has 5 nitrogen and oxygen atoms in total. The standard InChI is InChI=1S/C13H21FN4O/c1-3-19-9-5-8-16-13(18-15)17-12-10(2)6-4-7-11(12)14/h4,6-7H,3,5,8-9,15H2,1-2H3,(H2,16,17,18). The fourth-order valence-electron chi connectivity index (χ4n) is 1.53. The van der Waals surface area contributed by atoms with Gasteiger partial charge in [0.05, 0.1) is 5.69 Å². The van der Waals surface area contributed by atoms with E-state index >= 15 is 0 Å². The Morgan fingerprint density at radius 1 is 1.47 bits per heavy atom. The number of hydrogen-bond acceptors (Lipinski definition) is 3. The molecule has 1 aromatic carbocycles. The molecule has 1 rings (SSSR count). The van der Waals surface area contributed by atoms with E-state index < -0.39 is 0 Å². The topological polar surface area (TPSA) is 71.7 Å². The number of benzene rings is 1. The van der Waals surface area contributed by atoms with Crippen LogP contribution in [0, 0.1) is 12.7 Å². The smallest absolute Gasteiger partial charge is 0.210 e. The Bertz CT molecular complexity index is 403. The molecular weight excluding hydrogens is 247 g/mol. The Kier molecular flexibility index (Phi) is 6.84. The molecule has 6 heteroatoms. The van der Waals surface area contributed by atoms with Crippen molar-refractivity contribution >= 4 is 11.6 Å². The first kappa shape index (κ1) is 15.4. The lowest BCUT2D eigenvalue weighted by Crippen LogP contribution is -2.37. The number of ether oxygens (including phenoxy) is 1. The first-order chi connectivity index (χ1) is 9.19. The monoisotopic (exact) mass is 268 g/mol. The molecule has 0 unspecified atom stereocenters. The van der Waals surface area contributed by atoms with Crippen molar-refractivity contribution in [2.75, 3.05) is 25.1 Å². The van der Waals surface area contributed by atoms with E-state index in [4.69, 9.17) is 10.6 Å². The fourth-order valence-corrected chi connectivity index (χ4v) is 1.53. The second kappa shape index (κ2) is 8.44. The van der Waals surface area contributed by atoms with Crippen LogP contribution in [0.25, 0.3) is 0 Å². The number of anilines is 1. The number of nitrogens with one attached hydrogen (secondary N) is 2. The molecule has 0 radical (unpaired) electrons. The Labute approximate surface area is 113 Å². The summed E-state index contributed by atoms with van der Waals surface area (Å²) in [6.45, 7) is 5.66. The van der Waals surface area contributed by atoms with Gasteiger partial charge in [-0.1, -0.05) is 12.1 Å². The average Bonchev–Trinajstić information content (AvgIpc) is 2.40. The molecule has 0 amide bonds. The third-order valence-corrected chi connectivity index (χ3v) is 2.52. The number of nitrogens with two attached hydrogens (primary N) is 1. The summed E-state index contributed by atoms with van der Waals surface area (Å²) in [7, 11) is 0. The van der Waals surface area contributed by atoms with Crippen LogP contribution in [-0.2, 0) is 4.74 Å². The highest BCUT2D eigenvalue weighted by Gasteiger charge is 2.06. The molecule has 0 aliphatic rings. The number of aliphatic imine (C=N–C) groups is 1. The molecule has 0 bridgehead atoms. The van der Waals surface area contributed by atoms with E-state index in [1.165, 1.54) is 6.07 Å². The van der Waals surface area contributed by atoms with Crippen molar-refractivity contribution in [2.45, 2.75) is 20.3 Å². The van der Waals surface area contributed by atoms with Crippen LogP contribution in [0.5, 0.6) is 0 Å². The van der Waals surface area contributed by atoms with E-state index in [2.05, 4.69) is 15.7 Å². The van der Waals surface area contributed by atoms with Crippen LogP contribution in [0.3, 0.4) is 0 Å². The number of para-hydroxylation sites is 1. The molecule has 0 aliphatic carbocycles. The van der Waals surface area contributed by atoms with Crippen molar-refractivity contribution in [1.82, 2.24) is 5.43 Å². The van der Waals surface area contributed by atoms with Gasteiger partial charge in [0, 0.05) is 19.8 Å². The zero-order chi connectivity index (χ0) is 14.1. The van der Waals surface area contributed by atoms with Gasteiger partial charge in [-0.15, -0.1) is 0 Å². The molecule has 0 saturated carbocycles. The lowest BCUT2D eigenvalue weighted by atomic mass is 10.2. The molecule has 19 heavy (non-hydrogen) atoms. The Morgan fingerprint density at radius 3 is 2.89 bits per heavy atom. The maximum absolute atomic E-state index is 13.6. The van der Waals surface area contributed by atoms with Gasteiger partial charge in [-0.05, 0) is 31.9 Å². The summed E-state index contributed by atoms with van der Waals surface area (Å²) in [6.07, 6.45) is 0.789. The molecule has 0 fully saturated rings. The van der Waals surface area contributed by atoms with E-state index in [0.717, 1.165) is 12.0 Å². The first-order valence-electron chi connectivity index (χ1n) is 6.30. The molecule has 1 aromatic rings. The predicted molar refractivity (Wildman–Crippen MR) is 75.5 cm³/mol. The van der Waals surface area contributed by atoms with Crippen molar-refractivity contribution in [3.8, 4) is 0 Å². The van der Waals surface area contributed by atoms with E-state index in [-0.39, 0.29) is 5.82 Å². The SMILES string of the molecule is CCOCCCN=C(NN)Nc1c(C)cccc1F. The van der Waals surface area contributed by atoms with Crippen LogP contribution >= 0.6 is 0 Å². The molecule has 106 valence electrons. The maximum atomic E-state index is 13.6. The van der Waals surface area contributed by atoms with E-state index in [0.29, 0.717) is 31.4 Å². The van der Waals surface area contributed by atoms with Gasteiger partial charge in [-0.3, -0.25) is 10.4 Å². The van der Waals surface area contributed by atoms with Crippen molar-refractivity contribution in [1.29, 1.82) is 0 Å². The summed E-state index contributed by atoms with van der Waals surface area (Å²) < 4.78 is 18.8. The van der Waals surface area contributed by atoms with Gasteiger partial charge < -0.3 is 10.1 Å². The van der Waals surface area contributed by atoms with Gasteiger partial charge in [0.15, 0.2) is 0 Å². The highest BCUT2D eigenvalue weighted by molar-refractivity contribution is 5.94. The van der Waals surface area contributed by atoms with Crippen LogP contribution < -0.4 is 16.6 Å². The number of hydrazine groups is 1. The minimum absolute atomic E-state index is 0.336. The Morgan fingerprint density at radius 2 is 2.26 bits per heavy atom. The van der Waals surface area contributed by atoms with Crippen LogP contribution in [0.1, 0.15) is 18.9 Å². The summed E-state index contributed by atoms with van der Waals surface area (Å²) in [6, 6.07) is 4.86. The highest BCUT2D eigenvalue weighted by Crippen LogP contribution is 2.18. The summed E-state index contributed by atoms with van der Waals surface area (Å²) in [4.78, 5) is 4.21. The van der Waals surface area contributed by atoms with Crippen molar-refractivity contribution in [2.24, 2.45) is 10.8 Å². The second-order valence-corrected chi connectivity index (χ2v) is 3.98. The number of nitrogens with zero attached hydrogens (tertiary/aromatic N) is 1. The fraction of sp³-hybridized carbons (Fsp3) is 0.462. The van der Waals surface area contributed by atoms with Crippen molar-refractivity contribution in [3.63, 3.8) is 0 Å². The van der Waals surface area contributed by atoms with Gasteiger partial charge in [-0.2, -0.15) is 0 Å². The molecule has 0 spiro atoms. The summed E-state index contributed by atoms with van der Waals surface area (Å²) in [5.74, 6) is 5.37. The average molecular weight is 268 g/mol. The van der Waals surface area contributed by atoms with E-state index in [1.807, 2.05) is 19.9 Å². The molecule has 0 aromatic heterocycles. The predicted octanol–water partition coefficient (Wildman–Crippen LogP) is 1.79. The van der Waals surface area contributed by atoms with Crippen LogP contribution in [-0.4, -0.2) is 25.7 Å². The van der Waals surface area contributed by atoms with E-state index in [9.17, 15) is 4.39 Å². The lowest BCUT2D eigenvalue weighted by molar-refractivity contribution is 0.146. The molecule has 4 N–H and O–H groups in total. The highest BCUT2D eigenvalue weighted by atomic mass is 19.1. The Hall–Kier alpha value is -1.66. The van der Waals surface area contributed by atoms with Gasteiger partial charge in [-0.25, -0.2) is 10.2 Å². The normalized spacial score (nSPS) is 11.5. The number of hydrogen-bond donors (Lipinski definition) is 3. The third kappa shape index (κ3) is 5.23. The quantitative estimate of drug-likeness (QED) is 0.242. The molecule has 0 atom stereocenters. The number of rotatable bonds is 6. The lowest BCUT2D eigenvalue weighted by Gasteiger charge is -2.12. The first-order valence-corrected chi connectivity index (χ1v) is 6.30. The zero-order valence-electron chi connectivity index (χ0n) is 11.4. The number of aryl methyl sites for hydroxylation is 1. The second-order valence-electron chi connectivity index (χ2n) is 3.98. The van der Waals surface area contributed by atoms with Gasteiger partial charge in [0.1, 0.15) is 5.82 Å². The van der Waals surface area contributed by atoms with Crippen LogP contribution in [0.15, 0.2) is 23.2 Å². The summed E-state index contributed by atoms with van der Waals surface area (Å²) >= 11 is 0. The number of guanidine groups is 1. The maximum Gasteiger partial charge on any atom is 0.210 e. The van der Waals surface area contributed by atoms with Gasteiger partial charge in [0.25, 0.3) is 0 Å². The third-order valence-electron chi connectivity index (χ3n) is 2.52. The Balaban J connectivity index is 2.58. The molecular formula is C13H21FN4O. The molecule has 0 aliphatic heterocycles. The van der Waals surface area contributed by atoms with Gasteiger partial charge >= 0.3 is 0 Å². The minimum Gasteiger partial charge on any atom is -0.382 e.